The number of carbonyl (C=O) groups is 1. The second kappa shape index (κ2) is 10.3. The summed E-state index contributed by atoms with van der Waals surface area (Å²) in [6, 6.07) is 31.6. The number of aromatic amines is 1. The minimum Gasteiger partial charge on any atom is -0.346 e. The lowest BCUT2D eigenvalue weighted by Crippen LogP contribution is -2.26. The number of hydrogen-bond donors (Lipinski definition) is 2. The van der Waals surface area contributed by atoms with Crippen LogP contribution in [0.3, 0.4) is 0 Å². The van der Waals surface area contributed by atoms with Crippen LogP contribution in [0.2, 0.25) is 0 Å². The third kappa shape index (κ3) is 5.18. The highest BCUT2D eigenvalue weighted by atomic mass is 19.1. The molecule has 39 heavy (non-hydrogen) atoms. The third-order valence-corrected chi connectivity index (χ3v) is 6.77. The van der Waals surface area contributed by atoms with Crippen molar-refractivity contribution in [3.05, 3.63) is 132 Å². The minimum atomic E-state index is -0.310. The average molecular weight is 513 g/mol. The maximum atomic E-state index is 13.4. The molecule has 6 rings (SSSR count). The van der Waals surface area contributed by atoms with E-state index >= 15 is 0 Å². The molecule has 4 aromatic carbocycles. The maximum Gasteiger partial charge on any atom is 0.251 e. The van der Waals surface area contributed by atoms with Gasteiger partial charge in [-0.2, -0.15) is 0 Å². The Labute approximate surface area is 225 Å². The topological polar surface area (TPSA) is 70.7 Å². The molecule has 0 aliphatic heterocycles. The van der Waals surface area contributed by atoms with Crippen molar-refractivity contribution in [1.82, 2.24) is 20.3 Å². The highest BCUT2D eigenvalue weighted by Gasteiger charge is 2.16. The smallest absolute Gasteiger partial charge is 0.251 e. The first-order chi connectivity index (χ1) is 19.0. The lowest BCUT2D eigenvalue weighted by atomic mass is 9.98. The summed E-state index contributed by atoms with van der Waals surface area (Å²) < 4.78 is 13.4. The number of fused-ring (bicyclic) bond motifs is 1. The fraction of sp³-hybridized carbons (Fsp3) is 0.0606. The Morgan fingerprint density at radius 1 is 0.795 bits per heavy atom. The molecule has 2 N–H and O–H groups in total. The summed E-state index contributed by atoms with van der Waals surface area (Å²) >= 11 is 0. The zero-order valence-corrected chi connectivity index (χ0v) is 21.2. The molecular formula is C33H25FN4O. The van der Waals surface area contributed by atoms with Gasteiger partial charge in [0.25, 0.3) is 5.91 Å². The van der Waals surface area contributed by atoms with Gasteiger partial charge in [0.2, 0.25) is 0 Å². The first-order valence-electron chi connectivity index (χ1n) is 12.7. The van der Waals surface area contributed by atoms with Crippen molar-refractivity contribution in [3.63, 3.8) is 0 Å². The maximum absolute atomic E-state index is 13.4. The molecule has 1 atom stereocenters. The molecule has 0 radical (unpaired) electrons. The number of rotatable bonds is 6. The molecule has 6 aromatic rings. The monoisotopic (exact) mass is 512 g/mol. The fourth-order valence-electron chi connectivity index (χ4n) is 4.63. The summed E-state index contributed by atoms with van der Waals surface area (Å²) in [5.74, 6) is 0.115. The Balaban J connectivity index is 1.35. The number of H-pyrrole nitrogens is 1. The van der Waals surface area contributed by atoms with Crippen molar-refractivity contribution in [2.75, 3.05) is 0 Å². The second-order valence-corrected chi connectivity index (χ2v) is 9.46. The van der Waals surface area contributed by atoms with Crippen LogP contribution in [0.15, 0.2) is 116 Å². The van der Waals surface area contributed by atoms with Crippen LogP contribution in [0.25, 0.3) is 44.7 Å². The van der Waals surface area contributed by atoms with Crippen LogP contribution >= 0.6 is 0 Å². The number of halogens is 1. The zero-order chi connectivity index (χ0) is 26.8. The predicted molar refractivity (Wildman–Crippen MR) is 152 cm³/mol. The Bertz CT molecular complexity index is 1780. The van der Waals surface area contributed by atoms with Gasteiger partial charge in [-0.1, -0.05) is 66.7 Å². The molecule has 0 aliphatic carbocycles. The Kier molecular flexibility index (Phi) is 6.43. The number of pyridine rings is 1. The van der Waals surface area contributed by atoms with Gasteiger partial charge in [0.1, 0.15) is 11.5 Å². The van der Waals surface area contributed by atoms with E-state index in [1.54, 1.807) is 12.1 Å². The average Bonchev–Trinajstić information content (AvgIpc) is 3.48. The molecule has 0 saturated heterocycles. The van der Waals surface area contributed by atoms with Gasteiger partial charge in [0.15, 0.2) is 5.82 Å². The van der Waals surface area contributed by atoms with Crippen LogP contribution < -0.4 is 5.32 Å². The largest absolute Gasteiger partial charge is 0.346 e. The van der Waals surface area contributed by atoms with Crippen molar-refractivity contribution in [1.29, 1.82) is 0 Å². The molecule has 0 saturated carbocycles. The predicted octanol–water partition coefficient (Wildman–Crippen LogP) is 7.59. The summed E-state index contributed by atoms with van der Waals surface area (Å²) in [6.45, 7) is 1.88. The van der Waals surface area contributed by atoms with Crippen LogP contribution in [0, 0.1) is 5.82 Å². The standard InChI is InChI=1S/C33H25FN4O/c1-21(22-11-13-29(34)14-12-22)37-33(39)28-16-26(23-7-3-2-4-8-23)15-27(17-28)31-20-36-32(38-31)30-18-24-9-5-6-10-25(24)19-35-30/h2-21H,1H3,(H,36,38)(H,37,39)/t21-/m1/s1. The highest BCUT2D eigenvalue weighted by molar-refractivity contribution is 5.97. The lowest BCUT2D eigenvalue weighted by Gasteiger charge is -2.16. The number of imidazole rings is 1. The summed E-state index contributed by atoms with van der Waals surface area (Å²) in [7, 11) is 0. The molecule has 2 heterocycles. The van der Waals surface area contributed by atoms with Crippen molar-refractivity contribution < 1.29 is 9.18 Å². The number of carbonyl (C=O) groups excluding carboxylic acids is 1. The molecule has 0 spiro atoms. The minimum absolute atomic E-state index is 0.224. The van der Waals surface area contributed by atoms with E-state index in [-0.39, 0.29) is 17.8 Å². The van der Waals surface area contributed by atoms with E-state index in [9.17, 15) is 9.18 Å². The van der Waals surface area contributed by atoms with Crippen LogP contribution in [-0.4, -0.2) is 20.9 Å². The van der Waals surface area contributed by atoms with E-state index < -0.39 is 0 Å². The summed E-state index contributed by atoms with van der Waals surface area (Å²) in [4.78, 5) is 26.0. The van der Waals surface area contributed by atoms with Crippen LogP contribution in [0.1, 0.15) is 28.9 Å². The first-order valence-corrected chi connectivity index (χ1v) is 12.7. The van der Waals surface area contributed by atoms with Gasteiger partial charge in [-0.25, -0.2) is 9.37 Å². The summed E-state index contributed by atoms with van der Waals surface area (Å²) in [5.41, 5.74) is 5.48. The van der Waals surface area contributed by atoms with Crippen molar-refractivity contribution in [2.24, 2.45) is 0 Å². The normalized spacial score (nSPS) is 11.8. The van der Waals surface area contributed by atoms with E-state index in [1.165, 1.54) is 12.1 Å². The van der Waals surface area contributed by atoms with Crippen LogP contribution in [-0.2, 0) is 0 Å². The molecule has 0 unspecified atom stereocenters. The molecule has 190 valence electrons. The molecule has 1 amide bonds. The molecule has 5 nitrogen and oxygen atoms in total. The Morgan fingerprint density at radius 3 is 2.31 bits per heavy atom. The van der Waals surface area contributed by atoms with E-state index in [2.05, 4.69) is 15.3 Å². The lowest BCUT2D eigenvalue weighted by molar-refractivity contribution is 0.0940. The van der Waals surface area contributed by atoms with Gasteiger partial charge in [-0.05, 0) is 65.4 Å². The molecule has 6 heteroatoms. The summed E-state index contributed by atoms with van der Waals surface area (Å²) in [6.07, 6.45) is 3.67. The molecular weight excluding hydrogens is 487 g/mol. The third-order valence-electron chi connectivity index (χ3n) is 6.77. The highest BCUT2D eigenvalue weighted by Crippen LogP contribution is 2.30. The van der Waals surface area contributed by atoms with Crippen LogP contribution in [0.4, 0.5) is 4.39 Å². The van der Waals surface area contributed by atoms with Crippen LogP contribution in [0.5, 0.6) is 0 Å². The SMILES string of the molecule is C[C@@H](NC(=O)c1cc(-c2ccccc2)cc(-c2c[nH]c(-c3cc4ccccc4cn3)n2)c1)c1ccc(F)cc1. The number of nitrogens with one attached hydrogen (secondary N) is 2. The van der Waals surface area contributed by atoms with Gasteiger partial charge in [0.05, 0.1) is 11.7 Å². The second-order valence-electron chi connectivity index (χ2n) is 9.46. The molecule has 0 fully saturated rings. The van der Waals surface area contributed by atoms with E-state index in [0.717, 1.165) is 38.7 Å². The fourth-order valence-corrected chi connectivity index (χ4v) is 4.63. The summed E-state index contributed by atoms with van der Waals surface area (Å²) in [5, 5.41) is 5.19. The van der Waals surface area contributed by atoms with E-state index in [4.69, 9.17) is 4.98 Å². The number of aromatic nitrogens is 3. The number of nitrogens with zero attached hydrogens (tertiary/aromatic N) is 2. The van der Waals surface area contributed by atoms with E-state index in [1.807, 2.05) is 98.2 Å². The number of hydrogen-bond acceptors (Lipinski definition) is 3. The van der Waals surface area contributed by atoms with Crippen molar-refractivity contribution in [3.8, 4) is 33.9 Å². The molecule has 0 aliphatic rings. The van der Waals surface area contributed by atoms with Gasteiger partial charge in [-0.3, -0.25) is 9.78 Å². The van der Waals surface area contributed by atoms with Crippen molar-refractivity contribution in [2.45, 2.75) is 13.0 Å². The zero-order valence-electron chi connectivity index (χ0n) is 21.2. The van der Waals surface area contributed by atoms with Gasteiger partial charge in [0, 0.05) is 28.9 Å². The van der Waals surface area contributed by atoms with E-state index in [0.29, 0.717) is 17.1 Å². The first kappa shape index (κ1) is 24.2. The van der Waals surface area contributed by atoms with Gasteiger partial charge >= 0.3 is 0 Å². The number of amides is 1. The number of benzene rings is 4. The Hall–Kier alpha value is -5.10. The Morgan fingerprint density at radius 2 is 1.51 bits per heavy atom. The van der Waals surface area contributed by atoms with Gasteiger partial charge < -0.3 is 10.3 Å². The quantitative estimate of drug-likeness (QED) is 0.242. The van der Waals surface area contributed by atoms with Crippen molar-refractivity contribution >= 4 is 16.7 Å². The molecule has 0 bridgehead atoms. The molecule has 2 aromatic heterocycles. The van der Waals surface area contributed by atoms with Gasteiger partial charge in [-0.15, -0.1) is 0 Å².